The number of nitrogens with one attached hydrogen (secondary N) is 1. The second-order valence-corrected chi connectivity index (χ2v) is 6.52. The van der Waals surface area contributed by atoms with Gasteiger partial charge in [-0.25, -0.2) is 0 Å². The molecule has 1 unspecified atom stereocenters. The first-order valence-electron chi connectivity index (χ1n) is 8.36. The van der Waals surface area contributed by atoms with E-state index in [4.69, 9.17) is 0 Å². The number of phenols is 1. The van der Waals surface area contributed by atoms with Crippen LogP contribution in [0.15, 0.2) is 36.4 Å². The first-order chi connectivity index (χ1) is 11.1. The highest BCUT2D eigenvalue weighted by Gasteiger charge is 2.17. The molecule has 1 aliphatic rings. The third-order valence-electron chi connectivity index (χ3n) is 4.56. The van der Waals surface area contributed by atoms with Gasteiger partial charge in [-0.2, -0.15) is 0 Å². The second-order valence-electron chi connectivity index (χ2n) is 6.52. The van der Waals surface area contributed by atoms with Crippen molar-refractivity contribution < 1.29 is 9.90 Å². The van der Waals surface area contributed by atoms with E-state index >= 15 is 0 Å². The van der Waals surface area contributed by atoms with Gasteiger partial charge < -0.3 is 15.3 Å². The molecule has 1 aliphatic heterocycles. The van der Waals surface area contributed by atoms with Crippen LogP contribution in [0.25, 0.3) is 10.8 Å². The molecule has 0 saturated carbocycles. The van der Waals surface area contributed by atoms with E-state index in [1.807, 2.05) is 24.3 Å². The molecule has 1 saturated heterocycles. The van der Waals surface area contributed by atoms with E-state index in [9.17, 15) is 9.90 Å². The van der Waals surface area contributed by atoms with Crippen molar-refractivity contribution in [2.24, 2.45) is 5.92 Å². The maximum atomic E-state index is 12.3. The lowest BCUT2D eigenvalue weighted by molar-refractivity contribution is 0.0941. The number of amides is 1. The minimum absolute atomic E-state index is 0.0350. The molecule has 1 amide bonds. The van der Waals surface area contributed by atoms with Crippen LogP contribution in [0.4, 0.5) is 0 Å². The van der Waals surface area contributed by atoms with Gasteiger partial charge in [0.15, 0.2) is 0 Å². The summed E-state index contributed by atoms with van der Waals surface area (Å²) in [6.45, 7) is 5.97. The predicted octanol–water partition coefficient (Wildman–Crippen LogP) is 3.01. The van der Waals surface area contributed by atoms with Gasteiger partial charge in [-0.3, -0.25) is 4.79 Å². The molecule has 2 aromatic carbocycles. The lowest BCUT2D eigenvalue weighted by Crippen LogP contribution is -2.40. The highest BCUT2D eigenvalue weighted by molar-refractivity contribution is 6.01. The number of carbonyl (C=O) groups excluding carboxylic acids is 1. The Bertz CT molecular complexity index is 699. The van der Waals surface area contributed by atoms with E-state index in [0.29, 0.717) is 12.1 Å². The summed E-state index contributed by atoms with van der Waals surface area (Å²) in [6, 6.07) is 11.1. The molecule has 4 nitrogen and oxygen atoms in total. The fourth-order valence-corrected chi connectivity index (χ4v) is 3.32. The number of carbonyl (C=O) groups is 1. The van der Waals surface area contributed by atoms with Crippen LogP contribution in [0, 0.1) is 5.92 Å². The Labute approximate surface area is 137 Å². The molecule has 122 valence electrons. The summed E-state index contributed by atoms with van der Waals surface area (Å²) in [7, 11) is 0. The Morgan fingerprint density at radius 2 is 2.04 bits per heavy atom. The smallest absolute Gasteiger partial charge is 0.255 e. The van der Waals surface area contributed by atoms with Crippen LogP contribution < -0.4 is 5.32 Å². The third-order valence-corrected chi connectivity index (χ3v) is 4.56. The standard InChI is InChI=1S/C19H24N2O2/c1-14-5-4-9-21(13-14)10-8-20-19(23)17-11-15-6-2-3-7-16(15)12-18(17)22/h2-3,6-7,11-12,14,22H,4-5,8-10,13H2,1H3,(H,20,23). The zero-order chi connectivity index (χ0) is 16.2. The van der Waals surface area contributed by atoms with Gasteiger partial charge in [0.2, 0.25) is 0 Å². The van der Waals surface area contributed by atoms with Gasteiger partial charge in [-0.15, -0.1) is 0 Å². The van der Waals surface area contributed by atoms with E-state index in [1.165, 1.54) is 12.8 Å². The van der Waals surface area contributed by atoms with Crippen LogP contribution in [0.1, 0.15) is 30.1 Å². The van der Waals surface area contributed by atoms with E-state index < -0.39 is 0 Å². The maximum absolute atomic E-state index is 12.3. The topological polar surface area (TPSA) is 52.6 Å². The monoisotopic (exact) mass is 312 g/mol. The van der Waals surface area contributed by atoms with Gasteiger partial charge in [-0.1, -0.05) is 31.2 Å². The third kappa shape index (κ3) is 3.82. The normalized spacial score (nSPS) is 18.9. The molecule has 0 aromatic heterocycles. The van der Waals surface area contributed by atoms with Crippen molar-refractivity contribution >= 4 is 16.7 Å². The summed E-state index contributed by atoms with van der Waals surface area (Å²) in [4.78, 5) is 14.7. The van der Waals surface area contributed by atoms with Gasteiger partial charge in [-0.05, 0) is 48.2 Å². The average molecular weight is 312 g/mol. The van der Waals surface area contributed by atoms with E-state index in [0.717, 1.165) is 36.3 Å². The highest BCUT2D eigenvalue weighted by atomic mass is 16.3. The molecule has 2 N–H and O–H groups in total. The zero-order valence-electron chi connectivity index (χ0n) is 13.6. The van der Waals surface area contributed by atoms with Gasteiger partial charge in [0.1, 0.15) is 5.75 Å². The number of aromatic hydroxyl groups is 1. The number of fused-ring (bicyclic) bond motifs is 1. The van der Waals surface area contributed by atoms with Gasteiger partial charge >= 0.3 is 0 Å². The fraction of sp³-hybridized carbons (Fsp3) is 0.421. The molecule has 3 rings (SSSR count). The van der Waals surface area contributed by atoms with Gasteiger partial charge in [0, 0.05) is 19.6 Å². The van der Waals surface area contributed by atoms with E-state index in [-0.39, 0.29) is 11.7 Å². The summed E-state index contributed by atoms with van der Waals surface area (Å²) in [6.07, 6.45) is 2.54. The molecular formula is C19H24N2O2. The van der Waals surface area contributed by atoms with Crippen LogP contribution in [0.2, 0.25) is 0 Å². The Kier molecular flexibility index (Phi) is 4.82. The number of phenolic OH excluding ortho intramolecular Hbond substituents is 1. The molecule has 1 fully saturated rings. The number of hydrogen-bond donors (Lipinski definition) is 2. The van der Waals surface area contributed by atoms with Crippen molar-refractivity contribution in [3.63, 3.8) is 0 Å². The Hall–Kier alpha value is -2.07. The number of benzene rings is 2. The molecule has 0 radical (unpaired) electrons. The van der Waals surface area contributed by atoms with E-state index in [1.54, 1.807) is 12.1 Å². The molecule has 2 aromatic rings. The molecule has 0 bridgehead atoms. The molecule has 0 spiro atoms. The number of likely N-dealkylation sites (tertiary alicyclic amines) is 1. The largest absolute Gasteiger partial charge is 0.507 e. The van der Waals surface area contributed by atoms with Crippen molar-refractivity contribution in [3.8, 4) is 5.75 Å². The summed E-state index contributed by atoms with van der Waals surface area (Å²) in [5.41, 5.74) is 0.343. The first kappa shape index (κ1) is 15.8. The Morgan fingerprint density at radius 3 is 2.78 bits per heavy atom. The fourth-order valence-electron chi connectivity index (χ4n) is 3.32. The highest BCUT2D eigenvalue weighted by Crippen LogP contribution is 2.24. The summed E-state index contributed by atoms with van der Waals surface area (Å²) in [5, 5.41) is 14.9. The van der Waals surface area contributed by atoms with Crippen molar-refractivity contribution in [2.75, 3.05) is 26.2 Å². The van der Waals surface area contributed by atoms with Crippen molar-refractivity contribution in [3.05, 3.63) is 42.0 Å². The number of nitrogens with zero attached hydrogens (tertiary/aromatic N) is 1. The maximum Gasteiger partial charge on any atom is 0.255 e. The van der Waals surface area contributed by atoms with Crippen LogP contribution in [-0.2, 0) is 0 Å². The molecule has 4 heteroatoms. The molecular weight excluding hydrogens is 288 g/mol. The summed E-state index contributed by atoms with van der Waals surface area (Å²) >= 11 is 0. The molecule has 1 heterocycles. The SMILES string of the molecule is CC1CCCN(CCNC(=O)c2cc3ccccc3cc2O)C1. The average Bonchev–Trinajstić information content (AvgIpc) is 2.54. The molecule has 1 atom stereocenters. The Balaban J connectivity index is 1.61. The van der Waals surface area contributed by atoms with Crippen LogP contribution in [0.5, 0.6) is 5.75 Å². The number of rotatable bonds is 4. The van der Waals surface area contributed by atoms with Gasteiger partial charge in [0.25, 0.3) is 5.91 Å². The predicted molar refractivity (Wildman–Crippen MR) is 92.8 cm³/mol. The minimum atomic E-state index is -0.210. The zero-order valence-corrected chi connectivity index (χ0v) is 13.6. The van der Waals surface area contributed by atoms with Gasteiger partial charge in [0.05, 0.1) is 5.56 Å². The van der Waals surface area contributed by atoms with Crippen LogP contribution in [-0.4, -0.2) is 42.1 Å². The molecule has 23 heavy (non-hydrogen) atoms. The first-order valence-corrected chi connectivity index (χ1v) is 8.36. The second kappa shape index (κ2) is 7.01. The number of hydrogen-bond acceptors (Lipinski definition) is 3. The van der Waals surface area contributed by atoms with Crippen molar-refractivity contribution in [1.82, 2.24) is 10.2 Å². The Morgan fingerprint density at radius 1 is 1.30 bits per heavy atom. The van der Waals surface area contributed by atoms with E-state index in [2.05, 4.69) is 17.1 Å². The number of piperidine rings is 1. The quantitative estimate of drug-likeness (QED) is 0.912. The van der Waals surface area contributed by atoms with Crippen LogP contribution in [0.3, 0.4) is 0 Å². The summed E-state index contributed by atoms with van der Waals surface area (Å²) in [5.74, 6) is 0.565. The lowest BCUT2D eigenvalue weighted by atomic mass is 10.0. The molecule has 0 aliphatic carbocycles. The van der Waals surface area contributed by atoms with Crippen LogP contribution >= 0.6 is 0 Å². The van der Waals surface area contributed by atoms with Crippen molar-refractivity contribution in [2.45, 2.75) is 19.8 Å². The lowest BCUT2D eigenvalue weighted by Gasteiger charge is -2.30. The van der Waals surface area contributed by atoms with Crippen molar-refractivity contribution in [1.29, 1.82) is 0 Å². The minimum Gasteiger partial charge on any atom is -0.507 e. The summed E-state index contributed by atoms with van der Waals surface area (Å²) < 4.78 is 0.